The fourth-order valence-corrected chi connectivity index (χ4v) is 2.73. The second-order valence-corrected chi connectivity index (χ2v) is 5.37. The van der Waals surface area contributed by atoms with Gasteiger partial charge in [0.2, 0.25) is 0 Å². The van der Waals surface area contributed by atoms with Crippen molar-refractivity contribution in [2.45, 2.75) is 51.3 Å². The molecule has 1 saturated heterocycles. The first-order valence-electron chi connectivity index (χ1n) is 6.08. The Morgan fingerprint density at radius 3 is 2.56 bits per heavy atom. The lowest BCUT2D eigenvalue weighted by Crippen LogP contribution is -2.62. The van der Waals surface area contributed by atoms with E-state index >= 15 is 0 Å². The molecule has 3 unspecified atom stereocenters. The quantitative estimate of drug-likeness (QED) is 0.790. The van der Waals surface area contributed by atoms with Gasteiger partial charge >= 0.3 is 5.97 Å². The van der Waals surface area contributed by atoms with Crippen LogP contribution in [0.2, 0.25) is 0 Å². The summed E-state index contributed by atoms with van der Waals surface area (Å²) in [5.74, 6) is -0.367. The average molecular weight is 227 g/mol. The molecule has 16 heavy (non-hydrogen) atoms. The maximum absolute atomic E-state index is 11.6. The second-order valence-electron chi connectivity index (χ2n) is 5.37. The fourth-order valence-electron chi connectivity index (χ4n) is 2.73. The van der Waals surface area contributed by atoms with Crippen LogP contribution in [0.3, 0.4) is 0 Å². The standard InChI is InChI=1S/C12H21NO3/c1-8-7-16-9(2)6-13(8)12(3,11(14)15)10-4-5-10/h8-10H,4-7H2,1-3H3,(H,14,15). The Bertz CT molecular complexity index is 290. The molecule has 0 aromatic carbocycles. The molecule has 0 spiro atoms. The topological polar surface area (TPSA) is 49.8 Å². The number of morpholine rings is 1. The number of ether oxygens (including phenoxy) is 1. The predicted molar refractivity (Wildman–Crippen MR) is 60.3 cm³/mol. The summed E-state index contributed by atoms with van der Waals surface area (Å²) in [7, 11) is 0. The largest absolute Gasteiger partial charge is 0.480 e. The van der Waals surface area contributed by atoms with Crippen LogP contribution in [0.5, 0.6) is 0 Å². The summed E-state index contributed by atoms with van der Waals surface area (Å²) >= 11 is 0. The Kier molecular flexibility index (Phi) is 2.97. The van der Waals surface area contributed by atoms with E-state index in [1.807, 2.05) is 13.8 Å². The molecule has 4 nitrogen and oxygen atoms in total. The molecular weight excluding hydrogens is 206 g/mol. The van der Waals surface area contributed by atoms with Crippen LogP contribution in [0.4, 0.5) is 0 Å². The normalized spacial score (nSPS) is 35.7. The van der Waals surface area contributed by atoms with E-state index in [0.29, 0.717) is 12.5 Å². The van der Waals surface area contributed by atoms with Crippen molar-refractivity contribution in [1.82, 2.24) is 4.90 Å². The van der Waals surface area contributed by atoms with Gasteiger partial charge in [-0.15, -0.1) is 0 Å². The molecule has 92 valence electrons. The molecule has 1 saturated carbocycles. The number of carboxylic acid groups (broad SMARTS) is 1. The molecule has 1 aliphatic carbocycles. The van der Waals surface area contributed by atoms with E-state index in [2.05, 4.69) is 11.8 Å². The van der Waals surface area contributed by atoms with Gasteiger partial charge in [0, 0.05) is 12.6 Å². The van der Waals surface area contributed by atoms with Gasteiger partial charge in [0.25, 0.3) is 0 Å². The van der Waals surface area contributed by atoms with Gasteiger partial charge in [-0.2, -0.15) is 0 Å². The van der Waals surface area contributed by atoms with Crippen molar-refractivity contribution >= 4 is 5.97 Å². The summed E-state index contributed by atoms with van der Waals surface area (Å²) in [6, 6.07) is 0.192. The monoisotopic (exact) mass is 227 g/mol. The Morgan fingerprint density at radius 2 is 2.06 bits per heavy atom. The van der Waals surface area contributed by atoms with Gasteiger partial charge in [-0.1, -0.05) is 0 Å². The van der Waals surface area contributed by atoms with Crippen LogP contribution in [0, 0.1) is 5.92 Å². The van der Waals surface area contributed by atoms with Gasteiger partial charge in [0.15, 0.2) is 0 Å². The van der Waals surface area contributed by atoms with Gasteiger partial charge < -0.3 is 9.84 Å². The van der Waals surface area contributed by atoms with Crippen molar-refractivity contribution in [3.63, 3.8) is 0 Å². The number of hydrogen-bond acceptors (Lipinski definition) is 3. The molecule has 2 fully saturated rings. The third kappa shape index (κ3) is 1.84. The third-order valence-electron chi connectivity index (χ3n) is 4.01. The van der Waals surface area contributed by atoms with Gasteiger partial charge in [-0.05, 0) is 39.5 Å². The molecule has 0 bridgehead atoms. The molecule has 0 aromatic heterocycles. The van der Waals surface area contributed by atoms with Crippen molar-refractivity contribution < 1.29 is 14.6 Å². The number of rotatable bonds is 3. The van der Waals surface area contributed by atoms with E-state index in [1.165, 1.54) is 0 Å². The fraction of sp³-hybridized carbons (Fsp3) is 0.917. The van der Waals surface area contributed by atoms with Crippen LogP contribution in [-0.2, 0) is 9.53 Å². The zero-order valence-electron chi connectivity index (χ0n) is 10.3. The Balaban J connectivity index is 2.21. The van der Waals surface area contributed by atoms with Crippen molar-refractivity contribution in [2.75, 3.05) is 13.2 Å². The summed E-state index contributed by atoms with van der Waals surface area (Å²) in [5, 5.41) is 9.52. The highest BCUT2D eigenvalue weighted by atomic mass is 16.5. The molecule has 0 radical (unpaired) electrons. The minimum absolute atomic E-state index is 0.133. The van der Waals surface area contributed by atoms with Crippen LogP contribution in [-0.4, -0.2) is 46.8 Å². The van der Waals surface area contributed by atoms with Crippen molar-refractivity contribution in [3.8, 4) is 0 Å². The summed E-state index contributed by atoms with van der Waals surface area (Å²) in [6.45, 7) is 7.29. The number of carboxylic acids is 1. The highest BCUT2D eigenvalue weighted by Gasteiger charge is 2.53. The molecule has 1 heterocycles. The zero-order valence-corrected chi connectivity index (χ0v) is 10.3. The first-order valence-corrected chi connectivity index (χ1v) is 6.08. The van der Waals surface area contributed by atoms with E-state index in [4.69, 9.17) is 4.74 Å². The maximum atomic E-state index is 11.6. The maximum Gasteiger partial charge on any atom is 0.324 e. The van der Waals surface area contributed by atoms with Crippen molar-refractivity contribution in [2.24, 2.45) is 5.92 Å². The van der Waals surface area contributed by atoms with E-state index in [1.54, 1.807) is 0 Å². The molecule has 0 aromatic rings. The number of aliphatic carboxylic acids is 1. The van der Waals surface area contributed by atoms with Crippen molar-refractivity contribution in [1.29, 1.82) is 0 Å². The first kappa shape index (κ1) is 11.9. The van der Waals surface area contributed by atoms with Crippen LogP contribution in [0.1, 0.15) is 33.6 Å². The number of hydrogen-bond donors (Lipinski definition) is 1. The molecule has 2 rings (SSSR count). The molecule has 2 aliphatic rings. The third-order valence-corrected chi connectivity index (χ3v) is 4.01. The summed E-state index contributed by atoms with van der Waals surface area (Å²) in [6.07, 6.45) is 2.22. The summed E-state index contributed by atoms with van der Waals surface area (Å²) < 4.78 is 5.56. The lowest BCUT2D eigenvalue weighted by molar-refractivity contribution is -0.163. The predicted octanol–water partition coefficient (Wildman–Crippen LogP) is 1.35. The van der Waals surface area contributed by atoms with E-state index < -0.39 is 11.5 Å². The Hall–Kier alpha value is -0.610. The van der Waals surface area contributed by atoms with Crippen LogP contribution in [0.25, 0.3) is 0 Å². The van der Waals surface area contributed by atoms with Gasteiger partial charge in [0.1, 0.15) is 5.54 Å². The SMILES string of the molecule is CC1CN(C(C)(C(=O)O)C2CC2)C(C)CO1. The van der Waals surface area contributed by atoms with Gasteiger partial charge in [-0.25, -0.2) is 0 Å². The zero-order chi connectivity index (χ0) is 11.9. The minimum atomic E-state index is -0.697. The smallest absolute Gasteiger partial charge is 0.324 e. The second kappa shape index (κ2) is 4.00. The van der Waals surface area contributed by atoms with E-state index in [9.17, 15) is 9.90 Å². The van der Waals surface area contributed by atoms with Crippen LogP contribution in [0.15, 0.2) is 0 Å². The molecule has 1 aliphatic heterocycles. The number of nitrogens with zero attached hydrogens (tertiary/aromatic N) is 1. The summed E-state index contributed by atoms with van der Waals surface area (Å²) in [4.78, 5) is 13.7. The summed E-state index contributed by atoms with van der Waals surface area (Å²) in [5.41, 5.74) is -0.697. The average Bonchev–Trinajstić information content (AvgIpc) is 3.04. The molecule has 1 N–H and O–H groups in total. The Labute approximate surface area is 96.6 Å². The van der Waals surface area contributed by atoms with E-state index in [0.717, 1.165) is 19.4 Å². The lowest BCUT2D eigenvalue weighted by Gasteiger charge is -2.46. The Morgan fingerprint density at radius 1 is 1.44 bits per heavy atom. The van der Waals surface area contributed by atoms with Gasteiger partial charge in [-0.3, -0.25) is 9.69 Å². The molecule has 3 atom stereocenters. The molecular formula is C12H21NO3. The molecule has 0 amide bonds. The molecule has 4 heteroatoms. The highest BCUT2D eigenvalue weighted by molar-refractivity contribution is 5.79. The first-order chi connectivity index (χ1) is 7.46. The van der Waals surface area contributed by atoms with Crippen LogP contribution < -0.4 is 0 Å². The minimum Gasteiger partial charge on any atom is -0.480 e. The lowest BCUT2D eigenvalue weighted by atomic mass is 9.90. The number of carbonyl (C=O) groups is 1. The van der Waals surface area contributed by atoms with E-state index in [-0.39, 0.29) is 12.1 Å². The van der Waals surface area contributed by atoms with Crippen LogP contribution >= 0.6 is 0 Å². The van der Waals surface area contributed by atoms with Gasteiger partial charge in [0.05, 0.1) is 12.7 Å². The van der Waals surface area contributed by atoms with Crippen molar-refractivity contribution in [3.05, 3.63) is 0 Å². The highest BCUT2D eigenvalue weighted by Crippen LogP contribution is 2.44.